The van der Waals surface area contributed by atoms with Gasteiger partial charge in [0.1, 0.15) is 29.7 Å². The largest absolute Gasteiger partial charge is 0.485 e. The number of rotatable bonds is 5. The standard InChI is InChI=1S/C19H20N6O3/c1-3-18(27)23-14-9-21-25-17(20-2)8-16(24-19(14)25)22-13-5-4-6-15-12(13)7-11(26)10-28-15/h4-6,8-9,20H,3,7,10H2,1-2H3,(H,22,24)(H,23,27). The lowest BCUT2D eigenvalue weighted by molar-refractivity contribution is -0.121. The number of benzene rings is 1. The van der Waals surface area contributed by atoms with Crippen molar-refractivity contribution in [1.82, 2.24) is 14.6 Å². The van der Waals surface area contributed by atoms with Crippen molar-refractivity contribution in [3.8, 4) is 5.75 Å². The van der Waals surface area contributed by atoms with Crippen LogP contribution in [0.4, 0.5) is 23.0 Å². The molecular formula is C19H20N6O3. The highest BCUT2D eigenvalue weighted by molar-refractivity contribution is 5.94. The van der Waals surface area contributed by atoms with Crippen LogP contribution in [0.25, 0.3) is 5.65 Å². The molecule has 3 heterocycles. The molecule has 28 heavy (non-hydrogen) atoms. The number of ketones is 1. The summed E-state index contributed by atoms with van der Waals surface area (Å²) in [6.45, 7) is 1.88. The van der Waals surface area contributed by atoms with Crippen molar-refractivity contribution < 1.29 is 14.3 Å². The van der Waals surface area contributed by atoms with Crippen molar-refractivity contribution >= 4 is 40.3 Å². The molecule has 0 spiro atoms. The molecule has 3 aromatic rings. The molecular weight excluding hydrogens is 360 g/mol. The van der Waals surface area contributed by atoms with Crippen LogP contribution < -0.4 is 20.7 Å². The number of fused-ring (bicyclic) bond motifs is 2. The minimum atomic E-state index is -0.117. The average molecular weight is 380 g/mol. The van der Waals surface area contributed by atoms with Crippen LogP contribution in [0.3, 0.4) is 0 Å². The van der Waals surface area contributed by atoms with Gasteiger partial charge in [0, 0.05) is 37.2 Å². The van der Waals surface area contributed by atoms with Crippen LogP contribution >= 0.6 is 0 Å². The van der Waals surface area contributed by atoms with E-state index < -0.39 is 0 Å². The van der Waals surface area contributed by atoms with Gasteiger partial charge in [0.2, 0.25) is 5.91 Å². The number of carbonyl (C=O) groups excluding carboxylic acids is 2. The van der Waals surface area contributed by atoms with Crippen molar-refractivity contribution in [2.75, 3.05) is 29.6 Å². The van der Waals surface area contributed by atoms with Gasteiger partial charge in [-0.3, -0.25) is 9.59 Å². The Morgan fingerprint density at radius 1 is 1.32 bits per heavy atom. The Kier molecular flexibility index (Phi) is 4.56. The van der Waals surface area contributed by atoms with E-state index in [1.807, 2.05) is 18.2 Å². The van der Waals surface area contributed by atoms with Gasteiger partial charge in [0.25, 0.3) is 0 Å². The van der Waals surface area contributed by atoms with E-state index in [-0.39, 0.29) is 18.3 Å². The average Bonchev–Trinajstić information content (AvgIpc) is 3.10. The summed E-state index contributed by atoms with van der Waals surface area (Å²) in [5.74, 6) is 1.85. The van der Waals surface area contributed by atoms with Crippen LogP contribution in [0.15, 0.2) is 30.5 Å². The number of nitrogens with one attached hydrogen (secondary N) is 3. The lowest BCUT2D eigenvalue weighted by atomic mass is 10.0. The third kappa shape index (κ3) is 3.22. The van der Waals surface area contributed by atoms with Crippen LogP contribution in [-0.2, 0) is 16.0 Å². The van der Waals surface area contributed by atoms with Crippen molar-refractivity contribution in [2.45, 2.75) is 19.8 Å². The fourth-order valence-corrected chi connectivity index (χ4v) is 3.08. The quantitative estimate of drug-likeness (QED) is 0.623. The molecule has 1 aliphatic heterocycles. The molecule has 9 nitrogen and oxygen atoms in total. The van der Waals surface area contributed by atoms with Gasteiger partial charge in [-0.2, -0.15) is 9.61 Å². The van der Waals surface area contributed by atoms with Crippen LogP contribution in [0.1, 0.15) is 18.9 Å². The van der Waals surface area contributed by atoms with Crippen molar-refractivity contribution in [3.63, 3.8) is 0 Å². The van der Waals surface area contributed by atoms with Crippen molar-refractivity contribution in [2.24, 2.45) is 0 Å². The zero-order valence-corrected chi connectivity index (χ0v) is 15.6. The van der Waals surface area contributed by atoms with Gasteiger partial charge in [-0.05, 0) is 12.1 Å². The van der Waals surface area contributed by atoms with Gasteiger partial charge in [-0.15, -0.1) is 0 Å². The van der Waals surface area contributed by atoms with Gasteiger partial charge in [0.05, 0.1) is 6.20 Å². The molecule has 0 aliphatic carbocycles. The fourth-order valence-electron chi connectivity index (χ4n) is 3.08. The smallest absolute Gasteiger partial charge is 0.224 e. The molecule has 0 radical (unpaired) electrons. The predicted octanol–water partition coefficient (Wildman–Crippen LogP) is 2.37. The molecule has 0 bridgehead atoms. The molecule has 0 atom stereocenters. The Morgan fingerprint density at radius 3 is 2.96 bits per heavy atom. The van der Waals surface area contributed by atoms with Crippen molar-refractivity contribution in [1.29, 1.82) is 0 Å². The first-order chi connectivity index (χ1) is 13.6. The third-order valence-corrected chi connectivity index (χ3v) is 4.48. The van der Waals surface area contributed by atoms with E-state index in [0.717, 1.165) is 11.3 Å². The summed E-state index contributed by atoms with van der Waals surface area (Å²) >= 11 is 0. The number of nitrogens with zero attached hydrogens (tertiary/aromatic N) is 3. The maximum atomic E-state index is 11.8. The van der Waals surface area contributed by atoms with E-state index in [1.165, 1.54) is 0 Å². The number of hydrogen-bond acceptors (Lipinski definition) is 7. The summed E-state index contributed by atoms with van der Waals surface area (Å²) in [6.07, 6.45) is 2.24. The highest BCUT2D eigenvalue weighted by atomic mass is 16.5. The van der Waals surface area contributed by atoms with Gasteiger partial charge in [-0.1, -0.05) is 13.0 Å². The Labute approximate surface area is 161 Å². The second kappa shape index (κ2) is 7.18. The number of amides is 1. The molecule has 3 N–H and O–H groups in total. The van der Waals surface area contributed by atoms with Gasteiger partial charge < -0.3 is 20.7 Å². The fraction of sp³-hybridized carbons (Fsp3) is 0.263. The van der Waals surface area contributed by atoms with Gasteiger partial charge in [0.15, 0.2) is 11.4 Å². The minimum Gasteiger partial charge on any atom is -0.485 e. The highest BCUT2D eigenvalue weighted by Crippen LogP contribution is 2.32. The zero-order valence-electron chi connectivity index (χ0n) is 15.6. The predicted molar refractivity (Wildman–Crippen MR) is 105 cm³/mol. The molecule has 1 aromatic carbocycles. The topological polar surface area (TPSA) is 110 Å². The number of hydrogen-bond donors (Lipinski definition) is 3. The molecule has 1 amide bonds. The first-order valence-electron chi connectivity index (χ1n) is 8.99. The van der Waals surface area contributed by atoms with Gasteiger partial charge in [-0.25, -0.2) is 4.98 Å². The van der Waals surface area contributed by atoms with E-state index in [9.17, 15) is 9.59 Å². The molecule has 0 fully saturated rings. The van der Waals surface area contributed by atoms with E-state index in [2.05, 4.69) is 26.0 Å². The summed E-state index contributed by atoms with van der Waals surface area (Å²) < 4.78 is 7.12. The molecule has 9 heteroatoms. The molecule has 1 aliphatic rings. The number of anilines is 4. The van der Waals surface area contributed by atoms with Gasteiger partial charge >= 0.3 is 0 Å². The number of aromatic nitrogens is 3. The molecule has 144 valence electrons. The Balaban J connectivity index is 1.74. The van der Waals surface area contributed by atoms with E-state index in [0.29, 0.717) is 41.6 Å². The number of carbonyl (C=O) groups is 2. The summed E-state index contributed by atoms with van der Waals surface area (Å²) in [7, 11) is 1.78. The first kappa shape index (κ1) is 17.8. The number of Topliss-reactive ketones (excluding diaryl/α,β-unsaturated/α-hetero) is 1. The van der Waals surface area contributed by atoms with E-state index >= 15 is 0 Å². The molecule has 0 unspecified atom stereocenters. The second-order valence-electron chi connectivity index (χ2n) is 6.38. The molecule has 4 rings (SSSR count). The maximum Gasteiger partial charge on any atom is 0.224 e. The number of ether oxygens (including phenoxy) is 1. The second-order valence-corrected chi connectivity index (χ2v) is 6.38. The summed E-state index contributed by atoms with van der Waals surface area (Å²) in [5, 5.41) is 13.4. The monoisotopic (exact) mass is 380 g/mol. The first-order valence-corrected chi connectivity index (χ1v) is 8.99. The third-order valence-electron chi connectivity index (χ3n) is 4.48. The Hall–Kier alpha value is -3.62. The van der Waals surface area contributed by atoms with Crippen LogP contribution in [0.2, 0.25) is 0 Å². The van der Waals surface area contributed by atoms with Crippen molar-refractivity contribution in [3.05, 3.63) is 36.0 Å². The van der Waals surface area contributed by atoms with Crippen LogP contribution in [0, 0.1) is 0 Å². The van der Waals surface area contributed by atoms with E-state index in [4.69, 9.17) is 4.74 Å². The van der Waals surface area contributed by atoms with Crippen LogP contribution in [0.5, 0.6) is 5.75 Å². The zero-order chi connectivity index (χ0) is 19.7. The highest BCUT2D eigenvalue weighted by Gasteiger charge is 2.20. The lowest BCUT2D eigenvalue weighted by Gasteiger charge is -2.20. The maximum absolute atomic E-state index is 11.8. The SMILES string of the molecule is CCC(=O)Nc1cnn2c(NC)cc(Nc3cccc4c3CC(=O)CO4)nc12. The summed E-state index contributed by atoms with van der Waals surface area (Å²) in [5.41, 5.74) is 2.59. The Morgan fingerprint density at radius 2 is 2.18 bits per heavy atom. The minimum absolute atomic E-state index is 0.0291. The Bertz CT molecular complexity index is 1070. The molecule has 2 aromatic heterocycles. The van der Waals surface area contributed by atoms with Crippen LogP contribution in [-0.4, -0.2) is 39.9 Å². The molecule has 0 saturated carbocycles. The van der Waals surface area contributed by atoms with E-state index in [1.54, 1.807) is 30.8 Å². The summed E-state index contributed by atoms with van der Waals surface area (Å²) in [6, 6.07) is 7.39. The molecule has 0 saturated heterocycles. The lowest BCUT2D eigenvalue weighted by Crippen LogP contribution is -2.21. The normalized spacial score (nSPS) is 13.0. The summed E-state index contributed by atoms with van der Waals surface area (Å²) in [4.78, 5) is 28.2.